The minimum Gasteiger partial charge on any atom is -0.304 e. The van der Waals surface area contributed by atoms with E-state index < -0.39 is 0 Å². The first kappa shape index (κ1) is 10.8. The van der Waals surface area contributed by atoms with Gasteiger partial charge in [0.1, 0.15) is 12.2 Å². The zero-order chi connectivity index (χ0) is 11.2. The predicted molar refractivity (Wildman–Crippen MR) is 59.4 cm³/mol. The van der Waals surface area contributed by atoms with Gasteiger partial charge in [0, 0.05) is 19.3 Å². The maximum Gasteiger partial charge on any atom is 0.138 e. The first-order valence-electron chi connectivity index (χ1n) is 5.45. The summed E-state index contributed by atoms with van der Waals surface area (Å²) in [5, 5.41) is 14.2. The number of hydrogen-bond donors (Lipinski definition) is 2. The van der Waals surface area contributed by atoms with Gasteiger partial charge in [-0.2, -0.15) is 10.2 Å². The lowest BCUT2D eigenvalue weighted by Gasteiger charge is -2.06. The maximum atomic E-state index is 4.26. The first-order valence-corrected chi connectivity index (χ1v) is 5.45. The van der Waals surface area contributed by atoms with Gasteiger partial charge in [-0.15, -0.1) is 0 Å². The summed E-state index contributed by atoms with van der Waals surface area (Å²) < 4.78 is 2.02. The van der Waals surface area contributed by atoms with E-state index in [1.807, 2.05) is 16.9 Å². The van der Waals surface area contributed by atoms with E-state index in [2.05, 4.69) is 32.5 Å². The number of aromatic nitrogens is 5. The van der Waals surface area contributed by atoms with E-state index in [9.17, 15) is 0 Å². The van der Waals surface area contributed by atoms with Crippen LogP contribution in [-0.4, -0.2) is 25.0 Å². The Morgan fingerprint density at radius 2 is 2.38 bits per heavy atom. The first-order chi connectivity index (χ1) is 7.90. The maximum absolute atomic E-state index is 4.26. The summed E-state index contributed by atoms with van der Waals surface area (Å²) >= 11 is 0. The van der Waals surface area contributed by atoms with Crippen molar-refractivity contribution >= 4 is 0 Å². The molecule has 0 aliphatic carbocycles. The molecule has 0 saturated carbocycles. The predicted octanol–water partition coefficient (Wildman–Crippen LogP) is 0.701. The van der Waals surface area contributed by atoms with Crippen LogP contribution in [0.15, 0.2) is 18.6 Å². The average molecular weight is 220 g/mol. The topological polar surface area (TPSA) is 71.4 Å². The molecule has 0 radical (unpaired) electrons. The molecule has 2 aromatic rings. The molecule has 0 aromatic carbocycles. The highest BCUT2D eigenvalue weighted by atomic mass is 15.3. The van der Waals surface area contributed by atoms with E-state index in [1.165, 1.54) is 12.0 Å². The Morgan fingerprint density at radius 3 is 3.12 bits per heavy atom. The van der Waals surface area contributed by atoms with Crippen LogP contribution in [0.4, 0.5) is 0 Å². The molecule has 0 amide bonds. The van der Waals surface area contributed by atoms with Gasteiger partial charge in [0.25, 0.3) is 0 Å². The highest BCUT2D eigenvalue weighted by molar-refractivity contribution is 5.00. The molecule has 2 heterocycles. The second-order valence-corrected chi connectivity index (χ2v) is 3.58. The van der Waals surface area contributed by atoms with Gasteiger partial charge < -0.3 is 5.32 Å². The molecule has 0 fully saturated rings. The van der Waals surface area contributed by atoms with Gasteiger partial charge in [-0.25, -0.2) is 4.98 Å². The summed E-state index contributed by atoms with van der Waals surface area (Å²) in [6.07, 6.45) is 4.44. The largest absolute Gasteiger partial charge is 0.304 e. The normalized spacial score (nSPS) is 10.8. The summed E-state index contributed by atoms with van der Waals surface area (Å²) in [7, 11) is 0. The molecule has 0 aliphatic heterocycles. The zero-order valence-electron chi connectivity index (χ0n) is 9.35. The second kappa shape index (κ2) is 5.41. The standard InChI is InChI=1S/C10H16N6/c1-2-5-16-9(3-4-14-16)6-11-7-10-12-8-13-15-10/h3-4,8,11H,2,5-7H2,1H3,(H,12,13,15). The Balaban J connectivity index is 1.82. The Morgan fingerprint density at radius 1 is 1.44 bits per heavy atom. The molecule has 0 saturated heterocycles. The van der Waals surface area contributed by atoms with Crippen molar-refractivity contribution in [2.45, 2.75) is 33.0 Å². The molecule has 2 aromatic heterocycles. The summed E-state index contributed by atoms with van der Waals surface area (Å²) in [6.45, 7) is 4.59. The van der Waals surface area contributed by atoms with Crippen molar-refractivity contribution in [1.29, 1.82) is 0 Å². The summed E-state index contributed by atoms with van der Waals surface area (Å²) in [4.78, 5) is 4.04. The van der Waals surface area contributed by atoms with Crippen LogP contribution in [0.2, 0.25) is 0 Å². The number of aromatic amines is 1. The summed E-state index contributed by atoms with van der Waals surface area (Å²) in [5.74, 6) is 0.849. The van der Waals surface area contributed by atoms with E-state index in [-0.39, 0.29) is 0 Å². The Hall–Kier alpha value is -1.69. The lowest BCUT2D eigenvalue weighted by atomic mass is 10.4. The Bertz CT molecular complexity index is 405. The van der Waals surface area contributed by atoms with Crippen LogP contribution >= 0.6 is 0 Å². The van der Waals surface area contributed by atoms with Crippen LogP contribution in [0, 0.1) is 0 Å². The summed E-state index contributed by atoms with van der Waals surface area (Å²) in [5.41, 5.74) is 1.20. The third kappa shape index (κ3) is 2.66. The number of rotatable bonds is 6. The van der Waals surface area contributed by atoms with Gasteiger partial charge in [-0.05, 0) is 12.5 Å². The van der Waals surface area contributed by atoms with Crippen LogP contribution in [0.5, 0.6) is 0 Å². The van der Waals surface area contributed by atoms with E-state index in [0.29, 0.717) is 6.54 Å². The zero-order valence-corrected chi connectivity index (χ0v) is 9.35. The lowest BCUT2D eigenvalue weighted by molar-refractivity contribution is 0.546. The Kier molecular flexibility index (Phi) is 3.66. The van der Waals surface area contributed by atoms with Crippen molar-refractivity contribution in [3.8, 4) is 0 Å². The molecule has 0 spiro atoms. The third-order valence-corrected chi connectivity index (χ3v) is 2.30. The van der Waals surface area contributed by atoms with Crippen molar-refractivity contribution in [3.05, 3.63) is 30.1 Å². The van der Waals surface area contributed by atoms with Gasteiger partial charge in [0.2, 0.25) is 0 Å². The number of nitrogens with zero attached hydrogens (tertiary/aromatic N) is 4. The van der Waals surface area contributed by atoms with Crippen LogP contribution < -0.4 is 5.32 Å². The molecule has 0 aliphatic rings. The molecular formula is C10H16N6. The third-order valence-electron chi connectivity index (χ3n) is 2.30. The number of nitrogens with one attached hydrogen (secondary N) is 2. The minimum atomic E-state index is 0.692. The summed E-state index contributed by atoms with van der Waals surface area (Å²) in [6, 6.07) is 2.03. The number of aryl methyl sites for hydroxylation is 1. The highest BCUT2D eigenvalue weighted by Crippen LogP contribution is 2.00. The van der Waals surface area contributed by atoms with Gasteiger partial charge in [0.15, 0.2) is 0 Å². The van der Waals surface area contributed by atoms with Crippen molar-refractivity contribution in [1.82, 2.24) is 30.3 Å². The van der Waals surface area contributed by atoms with Crippen LogP contribution in [0.25, 0.3) is 0 Å². The Labute approximate surface area is 94.1 Å². The number of hydrogen-bond acceptors (Lipinski definition) is 4. The number of H-pyrrole nitrogens is 1. The van der Waals surface area contributed by atoms with Crippen molar-refractivity contribution in [2.75, 3.05) is 0 Å². The molecule has 6 heteroatoms. The van der Waals surface area contributed by atoms with Gasteiger partial charge in [-0.1, -0.05) is 6.92 Å². The van der Waals surface area contributed by atoms with Crippen LogP contribution in [0.3, 0.4) is 0 Å². The SMILES string of the molecule is CCCn1nccc1CNCc1ncn[nH]1. The van der Waals surface area contributed by atoms with Crippen molar-refractivity contribution in [3.63, 3.8) is 0 Å². The van der Waals surface area contributed by atoms with Gasteiger partial charge in [-0.3, -0.25) is 9.78 Å². The molecule has 16 heavy (non-hydrogen) atoms. The molecule has 6 nitrogen and oxygen atoms in total. The van der Waals surface area contributed by atoms with Gasteiger partial charge >= 0.3 is 0 Å². The van der Waals surface area contributed by atoms with E-state index in [1.54, 1.807) is 0 Å². The average Bonchev–Trinajstić information content (AvgIpc) is 2.91. The van der Waals surface area contributed by atoms with Gasteiger partial charge in [0.05, 0.1) is 12.2 Å². The lowest BCUT2D eigenvalue weighted by Crippen LogP contribution is -2.17. The molecule has 0 bridgehead atoms. The monoisotopic (exact) mass is 220 g/mol. The van der Waals surface area contributed by atoms with Crippen LogP contribution in [0.1, 0.15) is 24.9 Å². The molecule has 0 unspecified atom stereocenters. The fourth-order valence-corrected chi connectivity index (χ4v) is 1.55. The molecule has 86 valence electrons. The van der Waals surface area contributed by atoms with Crippen LogP contribution in [-0.2, 0) is 19.6 Å². The quantitative estimate of drug-likeness (QED) is 0.751. The molecule has 2 rings (SSSR count). The van der Waals surface area contributed by atoms with E-state index >= 15 is 0 Å². The minimum absolute atomic E-state index is 0.692. The molecular weight excluding hydrogens is 204 g/mol. The van der Waals surface area contributed by atoms with Crippen molar-refractivity contribution in [2.24, 2.45) is 0 Å². The van der Waals surface area contributed by atoms with Crippen molar-refractivity contribution < 1.29 is 0 Å². The highest BCUT2D eigenvalue weighted by Gasteiger charge is 2.01. The smallest absolute Gasteiger partial charge is 0.138 e. The van der Waals surface area contributed by atoms with E-state index in [4.69, 9.17) is 0 Å². The fraction of sp³-hybridized carbons (Fsp3) is 0.500. The molecule has 0 atom stereocenters. The fourth-order valence-electron chi connectivity index (χ4n) is 1.55. The molecule has 2 N–H and O–H groups in total. The second-order valence-electron chi connectivity index (χ2n) is 3.58. The van der Waals surface area contributed by atoms with E-state index in [0.717, 1.165) is 25.3 Å².